The van der Waals surface area contributed by atoms with Crippen molar-refractivity contribution in [2.24, 2.45) is 0 Å². The topological polar surface area (TPSA) is 66.5 Å². The minimum atomic E-state index is -3.96. The van der Waals surface area contributed by atoms with Crippen LogP contribution in [0.5, 0.6) is 0 Å². The number of benzene rings is 3. The number of nitrogens with one attached hydrogen (secondary N) is 1. The van der Waals surface area contributed by atoms with Crippen molar-refractivity contribution in [2.45, 2.75) is 18.0 Å². The first-order valence-corrected chi connectivity index (χ1v) is 11.8. The van der Waals surface area contributed by atoms with Gasteiger partial charge in [0.2, 0.25) is 15.9 Å². The minimum absolute atomic E-state index is 0.0140. The molecule has 0 fully saturated rings. The maximum atomic E-state index is 13.2. The first-order chi connectivity index (χ1) is 14.7. The van der Waals surface area contributed by atoms with Gasteiger partial charge in [-0.1, -0.05) is 59.1 Å². The van der Waals surface area contributed by atoms with Crippen LogP contribution < -0.4 is 5.32 Å². The Morgan fingerprint density at radius 1 is 0.806 bits per heavy atom. The van der Waals surface area contributed by atoms with Gasteiger partial charge in [-0.25, -0.2) is 8.42 Å². The highest BCUT2D eigenvalue weighted by Gasteiger charge is 2.27. The molecule has 1 amide bonds. The van der Waals surface area contributed by atoms with Crippen LogP contribution in [0.1, 0.15) is 11.1 Å². The lowest BCUT2D eigenvalue weighted by molar-refractivity contribution is -0.121. The quantitative estimate of drug-likeness (QED) is 0.468. The fourth-order valence-corrected chi connectivity index (χ4v) is 4.69. The van der Waals surface area contributed by atoms with Crippen LogP contribution >= 0.6 is 34.8 Å². The Kier molecular flexibility index (Phi) is 7.97. The van der Waals surface area contributed by atoms with Gasteiger partial charge in [-0.15, -0.1) is 0 Å². The van der Waals surface area contributed by atoms with Crippen molar-refractivity contribution < 1.29 is 13.2 Å². The summed E-state index contributed by atoms with van der Waals surface area (Å²) in [7, 11) is -3.96. The Hall–Kier alpha value is -2.09. The standard InChI is InChI=1S/C22H19Cl3N2O3S/c23-18-6-4-16(5-7-18)13-26-22(28)15-27(14-17-2-1-3-20(25)12-17)31(29,30)21-10-8-19(24)9-11-21/h1-12H,13-15H2,(H,26,28). The third-order valence-electron chi connectivity index (χ3n) is 4.42. The van der Waals surface area contributed by atoms with Gasteiger partial charge in [0.1, 0.15) is 0 Å². The van der Waals surface area contributed by atoms with Crippen molar-refractivity contribution in [1.82, 2.24) is 9.62 Å². The molecule has 0 radical (unpaired) electrons. The molecular formula is C22H19Cl3N2O3S. The van der Waals surface area contributed by atoms with Gasteiger partial charge < -0.3 is 5.32 Å². The van der Waals surface area contributed by atoms with Crippen LogP contribution in [0, 0.1) is 0 Å². The van der Waals surface area contributed by atoms with Gasteiger partial charge in [-0.2, -0.15) is 4.31 Å². The molecule has 0 aliphatic rings. The Morgan fingerprint density at radius 3 is 2.03 bits per heavy atom. The fraction of sp³-hybridized carbons (Fsp3) is 0.136. The van der Waals surface area contributed by atoms with E-state index in [0.29, 0.717) is 20.6 Å². The highest BCUT2D eigenvalue weighted by atomic mass is 35.5. The number of carbonyl (C=O) groups is 1. The fourth-order valence-electron chi connectivity index (χ4n) is 2.84. The Balaban J connectivity index is 1.80. The van der Waals surface area contributed by atoms with E-state index in [9.17, 15) is 13.2 Å². The predicted octanol–water partition coefficient (Wildman–Crippen LogP) is 5.15. The average Bonchev–Trinajstić information content (AvgIpc) is 2.73. The van der Waals surface area contributed by atoms with Gasteiger partial charge in [0.25, 0.3) is 0 Å². The van der Waals surface area contributed by atoms with Gasteiger partial charge >= 0.3 is 0 Å². The molecule has 1 N–H and O–H groups in total. The van der Waals surface area contributed by atoms with Crippen LogP contribution in [-0.4, -0.2) is 25.2 Å². The zero-order valence-corrected chi connectivity index (χ0v) is 19.3. The molecule has 3 aromatic carbocycles. The summed E-state index contributed by atoms with van der Waals surface area (Å²) in [6.45, 7) is -0.118. The van der Waals surface area contributed by atoms with Crippen molar-refractivity contribution >= 4 is 50.7 Å². The Bertz CT molecular complexity index is 1150. The molecular weight excluding hydrogens is 479 g/mol. The van der Waals surface area contributed by atoms with E-state index in [1.165, 1.54) is 24.3 Å². The number of sulfonamides is 1. The molecule has 0 aliphatic carbocycles. The molecule has 9 heteroatoms. The van der Waals surface area contributed by atoms with Gasteiger partial charge in [-0.05, 0) is 59.7 Å². The van der Waals surface area contributed by atoms with E-state index in [2.05, 4.69) is 5.32 Å². The average molecular weight is 498 g/mol. The third-order valence-corrected chi connectivity index (χ3v) is 6.97. The number of nitrogens with zero attached hydrogens (tertiary/aromatic N) is 1. The van der Waals surface area contributed by atoms with Gasteiger partial charge in [0.05, 0.1) is 11.4 Å². The largest absolute Gasteiger partial charge is 0.351 e. The molecule has 3 aromatic rings. The predicted molar refractivity (Wildman–Crippen MR) is 124 cm³/mol. The van der Waals surface area contributed by atoms with Crippen LogP contribution in [0.3, 0.4) is 0 Å². The number of hydrogen-bond donors (Lipinski definition) is 1. The summed E-state index contributed by atoms with van der Waals surface area (Å²) < 4.78 is 27.6. The van der Waals surface area contributed by atoms with Gasteiger partial charge in [0, 0.05) is 28.2 Å². The van der Waals surface area contributed by atoms with E-state index in [1.807, 2.05) is 0 Å². The zero-order valence-electron chi connectivity index (χ0n) is 16.3. The summed E-state index contributed by atoms with van der Waals surface area (Å²) in [5.74, 6) is -0.436. The first kappa shape index (κ1) is 23.6. The summed E-state index contributed by atoms with van der Waals surface area (Å²) >= 11 is 17.8. The highest BCUT2D eigenvalue weighted by molar-refractivity contribution is 7.89. The second-order valence-corrected chi connectivity index (χ2v) is 10.0. The molecule has 0 spiro atoms. The minimum Gasteiger partial charge on any atom is -0.351 e. The lowest BCUT2D eigenvalue weighted by Crippen LogP contribution is -2.40. The van der Waals surface area contributed by atoms with E-state index in [4.69, 9.17) is 34.8 Å². The molecule has 162 valence electrons. The molecule has 0 atom stereocenters. The molecule has 0 saturated heterocycles. The van der Waals surface area contributed by atoms with E-state index in [1.54, 1.807) is 48.5 Å². The number of halogens is 3. The molecule has 0 bridgehead atoms. The molecule has 3 rings (SSSR count). The van der Waals surface area contributed by atoms with Crippen molar-refractivity contribution in [3.63, 3.8) is 0 Å². The van der Waals surface area contributed by atoms with Gasteiger partial charge in [-0.3, -0.25) is 4.79 Å². The summed E-state index contributed by atoms with van der Waals surface area (Å²) in [5, 5.41) is 4.24. The van der Waals surface area contributed by atoms with Crippen LogP contribution in [0.2, 0.25) is 15.1 Å². The summed E-state index contributed by atoms with van der Waals surface area (Å²) in [5.41, 5.74) is 1.51. The SMILES string of the molecule is O=C(CN(Cc1cccc(Cl)c1)S(=O)(=O)c1ccc(Cl)cc1)NCc1ccc(Cl)cc1. The van der Waals surface area contributed by atoms with E-state index in [-0.39, 0.29) is 24.5 Å². The van der Waals surface area contributed by atoms with Gasteiger partial charge in [0.15, 0.2) is 0 Å². The first-order valence-electron chi connectivity index (χ1n) is 9.25. The third kappa shape index (κ3) is 6.69. The lowest BCUT2D eigenvalue weighted by Gasteiger charge is -2.22. The Morgan fingerprint density at radius 2 is 1.42 bits per heavy atom. The van der Waals surface area contributed by atoms with Crippen LogP contribution in [0.4, 0.5) is 0 Å². The monoisotopic (exact) mass is 496 g/mol. The molecule has 0 saturated carbocycles. The van der Waals surface area contributed by atoms with E-state index >= 15 is 0 Å². The van der Waals surface area contributed by atoms with Crippen molar-refractivity contribution in [2.75, 3.05) is 6.54 Å². The maximum absolute atomic E-state index is 13.2. The second kappa shape index (κ2) is 10.5. The lowest BCUT2D eigenvalue weighted by atomic mass is 10.2. The van der Waals surface area contributed by atoms with Crippen molar-refractivity contribution in [3.05, 3.63) is 99.0 Å². The number of amides is 1. The molecule has 0 aliphatic heterocycles. The number of carbonyl (C=O) groups excluding carboxylic acids is 1. The smallest absolute Gasteiger partial charge is 0.243 e. The van der Waals surface area contributed by atoms with Crippen LogP contribution in [-0.2, 0) is 27.9 Å². The van der Waals surface area contributed by atoms with Crippen molar-refractivity contribution in [1.29, 1.82) is 0 Å². The van der Waals surface area contributed by atoms with Crippen molar-refractivity contribution in [3.8, 4) is 0 Å². The summed E-state index contributed by atoms with van der Waals surface area (Å²) in [4.78, 5) is 12.6. The normalized spacial score (nSPS) is 11.5. The van der Waals surface area contributed by atoms with Crippen LogP contribution in [0.25, 0.3) is 0 Å². The highest BCUT2D eigenvalue weighted by Crippen LogP contribution is 2.21. The molecule has 5 nitrogen and oxygen atoms in total. The van der Waals surface area contributed by atoms with E-state index in [0.717, 1.165) is 9.87 Å². The summed E-state index contributed by atoms with van der Waals surface area (Å²) in [6.07, 6.45) is 0. The summed E-state index contributed by atoms with van der Waals surface area (Å²) in [6, 6.07) is 19.7. The molecule has 0 aromatic heterocycles. The van der Waals surface area contributed by atoms with Crippen LogP contribution in [0.15, 0.2) is 77.7 Å². The molecule has 0 unspecified atom stereocenters. The number of hydrogen-bond acceptors (Lipinski definition) is 3. The Labute approximate surface area is 196 Å². The maximum Gasteiger partial charge on any atom is 0.243 e. The molecule has 0 heterocycles. The second-order valence-electron chi connectivity index (χ2n) is 6.76. The van der Waals surface area contributed by atoms with E-state index < -0.39 is 15.9 Å². The molecule has 31 heavy (non-hydrogen) atoms. The zero-order chi connectivity index (χ0) is 22.4. The number of rotatable bonds is 8.